The molecule has 166 valence electrons. The summed E-state index contributed by atoms with van der Waals surface area (Å²) in [7, 11) is 0. The molecule has 29 heavy (non-hydrogen) atoms. The Bertz CT molecular complexity index is 600. The fourth-order valence-corrected chi connectivity index (χ4v) is 3.68. The zero-order valence-corrected chi connectivity index (χ0v) is 19.5. The normalized spacial score (nSPS) is 11.8. The van der Waals surface area contributed by atoms with Crippen LogP contribution in [0.15, 0.2) is 12.1 Å². The maximum absolute atomic E-state index is 12.4. The summed E-state index contributed by atoms with van der Waals surface area (Å²) in [6.45, 7) is 11.3. The number of ether oxygens (including phenoxy) is 1. The Labute approximate surface area is 178 Å². The molecule has 0 aliphatic carbocycles. The first-order valence-corrected chi connectivity index (χ1v) is 11.6. The Hall–Kier alpha value is -1.71. The molecule has 1 aromatic carbocycles. The minimum atomic E-state index is -0.340. The minimum Gasteiger partial charge on any atom is -0.462 e. The van der Waals surface area contributed by atoms with Crippen molar-refractivity contribution in [2.24, 2.45) is 5.92 Å². The first-order valence-electron chi connectivity index (χ1n) is 11.6. The van der Waals surface area contributed by atoms with Crippen molar-refractivity contribution in [2.75, 3.05) is 18.1 Å². The van der Waals surface area contributed by atoms with E-state index in [2.05, 4.69) is 34.6 Å². The van der Waals surface area contributed by atoms with Gasteiger partial charge in [0.1, 0.15) is 0 Å². The number of benzene rings is 1. The molecular weight excluding hydrogens is 360 g/mol. The van der Waals surface area contributed by atoms with Gasteiger partial charge in [-0.3, -0.25) is 0 Å². The molecule has 4 nitrogen and oxygen atoms in total. The molecule has 4 N–H and O–H groups in total. The number of anilines is 2. The molecule has 0 saturated heterocycles. The van der Waals surface area contributed by atoms with Crippen molar-refractivity contribution in [3.63, 3.8) is 0 Å². The highest BCUT2D eigenvalue weighted by atomic mass is 16.5. The lowest BCUT2D eigenvalue weighted by atomic mass is 9.73. The highest BCUT2D eigenvalue weighted by Crippen LogP contribution is 2.39. The van der Waals surface area contributed by atoms with E-state index in [1.165, 1.54) is 51.4 Å². The lowest BCUT2D eigenvalue weighted by Gasteiger charge is -2.32. The van der Waals surface area contributed by atoms with Crippen molar-refractivity contribution >= 4 is 17.3 Å². The number of unbranched alkanes of at least 4 members (excludes halogenated alkanes) is 9. The van der Waals surface area contributed by atoms with Gasteiger partial charge in [-0.1, -0.05) is 92.4 Å². The fourth-order valence-electron chi connectivity index (χ4n) is 3.68. The van der Waals surface area contributed by atoms with Crippen LogP contribution in [0, 0.1) is 5.92 Å². The molecule has 0 spiro atoms. The van der Waals surface area contributed by atoms with Gasteiger partial charge in [-0.25, -0.2) is 4.79 Å². The first kappa shape index (κ1) is 25.3. The number of carbonyl (C=O) groups excluding carboxylic acids is 1. The van der Waals surface area contributed by atoms with Crippen molar-refractivity contribution in [1.82, 2.24) is 0 Å². The third-order valence-corrected chi connectivity index (χ3v) is 6.25. The van der Waals surface area contributed by atoms with Crippen LogP contribution >= 0.6 is 0 Å². The maximum atomic E-state index is 12.4. The average Bonchev–Trinajstić information content (AvgIpc) is 2.65. The van der Waals surface area contributed by atoms with Crippen LogP contribution in [0.4, 0.5) is 11.4 Å². The molecule has 0 aromatic heterocycles. The second kappa shape index (κ2) is 12.8. The number of hydrogen-bond acceptors (Lipinski definition) is 4. The van der Waals surface area contributed by atoms with E-state index in [4.69, 9.17) is 16.2 Å². The summed E-state index contributed by atoms with van der Waals surface area (Å²) in [6.07, 6.45) is 12.6. The second-order valence-electron chi connectivity index (χ2n) is 9.22. The first-order chi connectivity index (χ1) is 13.7. The number of nitrogen functional groups attached to an aromatic ring is 2. The molecule has 4 heteroatoms. The van der Waals surface area contributed by atoms with E-state index in [0.29, 0.717) is 29.5 Å². The van der Waals surface area contributed by atoms with Crippen LogP contribution in [0.1, 0.15) is 115 Å². The van der Waals surface area contributed by atoms with Gasteiger partial charge in [-0.2, -0.15) is 0 Å². The Morgan fingerprint density at radius 3 is 1.79 bits per heavy atom. The van der Waals surface area contributed by atoms with Gasteiger partial charge in [-0.15, -0.1) is 0 Å². The summed E-state index contributed by atoms with van der Waals surface area (Å²) in [5, 5.41) is 0. The monoisotopic (exact) mass is 404 g/mol. The van der Waals surface area contributed by atoms with Gasteiger partial charge < -0.3 is 16.2 Å². The number of esters is 1. The Morgan fingerprint density at radius 2 is 1.34 bits per heavy atom. The highest BCUT2D eigenvalue weighted by molar-refractivity contribution is 5.92. The fraction of sp³-hybridized carbons (Fsp3) is 0.720. The van der Waals surface area contributed by atoms with Crippen LogP contribution in [0.2, 0.25) is 0 Å². The van der Waals surface area contributed by atoms with Crippen LogP contribution in [0.25, 0.3) is 0 Å². The van der Waals surface area contributed by atoms with Crippen LogP contribution in [0.5, 0.6) is 0 Å². The molecule has 0 amide bonds. The van der Waals surface area contributed by atoms with Crippen molar-refractivity contribution in [3.05, 3.63) is 23.3 Å². The molecule has 0 radical (unpaired) electrons. The van der Waals surface area contributed by atoms with Crippen LogP contribution in [-0.2, 0) is 10.2 Å². The van der Waals surface area contributed by atoms with Crippen LogP contribution in [-0.4, -0.2) is 12.6 Å². The van der Waals surface area contributed by atoms with Crippen molar-refractivity contribution in [1.29, 1.82) is 0 Å². The highest BCUT2D eigenvalue weighted by Gasteiger charge is 2.30. The Balaban J connectivity index is 2.37. The summed E-state index contributed by atoms with van der Waals surface area (Å²) in [5.74, 6) is 0.0365. The zero-order valence-electron chi connectivity index (χ0n) is 19.5. The van der Waals surface area contributed by atoms with Gasteiger partial charge in [0.2, 0.25) is 0 Å². The third kappa shape index (κ3) is 8.28. The van der Waals surface area contributed by atoms with Gasteiger partial charge in [-0.05, 0) is 29.9 Å². The van der Waals surface area contributed by atoms with E-state index in [9.17, 15) is 4.79 Å². The topological polar surface area (TPSA) is 78.3 Å². The molecule has 0 aliphatic heterocycles. The van der Waals surface area contributed by atoms with E-state index in [0.717, 1.165) is 18.4 Å². The second-order valence-corrected chi connectivity index (χ2v) is 9.22. The lowest BCUT2D eigenvalue weighted by molar-refractivity contribution is 0.0497. The summed E-state index contributed by atoms with van der Waals surface area (Å²) in [6, 6.07) is 3.41. The van der Waals surface area contributed by atoms with E-state index in [1.807, 2.05) is 0 Å². The number of nitrogens with two attached hydrogens (primary N) is 2. The maximum Gasteiger partial charge on any atom is 0.338 e. The smallest absolute Gasteiger partial charge is 0.338 e. The predicted octanol–water partition coefficient (Wildman–Crippen LogP) is 6.86. The number of carbonyl (C=O) groups is 1. The molecule has 0 bridgehead atoms. The van der Waals surface area contributed by atoms with Gasteiger partial charge in [0, 0.05) is 16.9 Å². The van der Waals surface area contributed by atoms with E-state index in [-0.39, 0.29) is 11.4 Å². The summed E-state index contributed by atoms with van der Waals surface area (Å²) in [5.41, 5.74) is 14.8. The predicted molar refractivity (Wildman–Crippen MR) is 125 cm³/mol. The van der Waals surface area contributed by atoms with Gasteiger partial charge in [0.15, 0.2) is 0 Å². The van der Waals surface area contributed by atoms with Crippen LogP contribution < -0.4 is 11.5 Å². The average molecular weight is 405 g/mol. The van der Waals surface area contributed by atoms with E-state index in [1.54, 1.807) is 12.1 Å². The van der Waals surface area contributed by atoms with Crippen molar-refractivity contribution in [2.45, 2.75) is 104 Å². The standard InChI is InChI=1S/C25H44N2O2/c1-6-7-8-9-10-11-12-13-14-15-16-29-24(28)20-17-21(26)23(22(27)18-20)25(4,5)19(2)3/h17-19H,6-16,26-27H2,1-5H3. The third-order valence-electron chi connectivity index (χ3n) is 6.25. The SMILES string of the molecule is CCCCCCCCCCCCOC(=O)c1cc(N)c(C(C)(C)C(C)C)c(N)c1. The molecule has 0 fully saturated rings. The summed E-state index contributed by atoms with van der Waals surface area (Å²) in [4.78, 5) is 12.4. The van der Waals surface area contributed by atoms with Gasteiger partial charge in [0.05, 0.1) is 12.2 Å². The molecule has 0 aliphatic rings. The van der Waals surface area contributed by atoms with Crippen molar-refractivity contribution in [3.8, 4) is 0 Å². The molecule has 0 heterocycles. The van der Waals surface area contributed by atoms with E-state index < -0.39 is 0 Å². The lowest BCUT2D eigenvalue weighted by Crippen LogP contribution is -2.27. The van der Waals surface area contributed by atoms with E-state index >= 15 is 0 Å². The summed E-state index contributed by atoms with van der Waals surface area (Å²) >= 11 is 0. The molecule has 0 unspecified atom stereocenters. The zero-order chi connectivity index (χ0) is 21.9. The Morgan fingerprint density at radius 1 is 0.897 bits per heavy atom. The van der Waals surface area contributed by atoms with Crippen LogP contribution in [0.3, 0.4) is 0 Å². The molecule has 0 atom stereocenters. The minimum absolute atomic E-state index is 0.160. The van der Waals surface area contributed by atoms with Gasteiger partial charge >= 0.3 is 5.97 Å². The number of hydrogen-bond donors (Lipinski definition) is 2. The molecule has 0 saturated carbocycles. The molecule has 1 aromatic rings. The molecule has 1 rings (SSSR count). The quantitative estimate of drug-likeness (QED) is 0.202. The number of rotatable bonds is 14. The summed E-state index contributed by atoms with van der Waals surface area (Å²) < 4.78 is 5.43. The van der Waals surface area contributed by atoms with Gasteiger partial charge in [0.25, 0.3) is 0 Å². The molecular formula is C25H44N2O2. The Kier molecular flexibility index (Phi) is 11.2. The largest absolute Gasteiger partial charge is 0.462 e. The van der Waals surface area contributed by atoms with Crippen molar-refractivity contribution < 1.29 is 9.53 Å².